The van der Waals surface area contributed by atoms with Crippen LogP contribution in [0.1, 0.15) is 18.9 Å². The number of rotatable bonds is 3. The lowest BCUT2D eigenvalue weighted by molar-refractivity contribution is 0.704. The summed E-state index contributed by atoms with van der Waals surface area (Å²) in [6.07, 6.45) is 1.06. The zero-order chi connectivity index (χ0) is 13.2. The van der Waals surface area contributed by atoms with Crippen LogP contribution < -0.4 is 0 Å². The molecule has 1 aromatic carbocycles. The van der Waals surface area contributed by atoms with Gasteiger partial charge in [-0.05, 0) is 36.1 Å². The zero-order valence-electron chi connectivity index (χ0n) is 10.6. The second-order valence-electron chi connectivity index (χ2n) is 4.41. The number of fused-ring (bicyclic) bond motifs is 1. The van der Waals surface area contributed by atoms with Gasteiger partial charge in [-0.15, -0.1) is 0 Å². The fraction of sp³-hybridized carbons (Fsp3) is 0.200. The summed E-state index contributed by atoms with van der Waals surface area (Å²) in [6.45, 7) is 3.10. The zero-order valence-corrected chi connectivity index (χ0v) is 11.4. The molecule has 0 fully saturated rings. The van der Waals surface area contributed by atoms with Crippen molar-refractivity contribution in [2.45, 2.75) is 19.9 Å². The summed E-state index contributed by atoms with van der Waals surface area (Å²) in [5.74, 6) is 0.994. The predicted octanol–water partition coefficient (Wildman–Crippen LogP) is 4.05. The third-order valence-corrected chi connectivity index (χ3v) is 3.79. The first kappa shape index (κ1) is 11.9. The maximum atomic E-state index is 8.98. The molecule has 3 aromatic rings. The Hall–Kier alpha value is -2.12. The van der Waals surface area contributed by atoms with Crippen molar-refractivity contribution >= 4 is 22.4 Å². The van der Waals surface area contributed by atoms with Crippen LogP contribution in [0.25, 0.3) is 22.4 Å². The van der Waals surface area contributed by atoms with E-state index in [4.69, 9.17) is 10.2 Å². The fourth-order valence-electron chi connectivity index (χ4n) is 2.26. The third-order valence-electron chi connectivity index (χ3n) is 3.10. The van der Waals surface area contributed by atoms with Crippen molar-refractivity contribution in [3.05, 3.63) is 40.6 Å². The van der Waals surface area contributed by atoms with E-state index in [-0.39, 0.29) is 0 Å². The number of aryl methyl sites for hydroxylation is 1. The molecule has 0 aliphatic rings. The highest BCUT2D eigenvalue weighted by Gasteiger charge is 2.12. The Balaban J connectivity index is 2.26. The van der Waals surface area contributed by atoms with E-state index in [2.05, 4.69) is 34.4 Å². The van der Waals surface area contributed by atoms with Crippen molar-refractivity contribution in [3.8, 4) is 17.5 Å². The minimum atomic E-state index is 0.658. The van der Waals surface area contributed by atoms with E-state index in [1.807, 2.05) is 18.2 Å². The normalized spacial score (nSPS) is 10.7. The van der Waals surface area contributed by atoms with Gasteiger partial charge in [-0.25, -0.2) is 4.98 Å². The van der Waals surface area contributed by atoms with Gasteiger partial charge < -0.3 is 4.57 Å². The van der Waals surface area contributed by atoms with Gasteiger partial charge in [0.1, 0.15) is 5.82 Å². The topological polar surface area (TPSA) is 41.6 Å². The number of benzene rings is 1. The van der Waals surface area contributed by atoms with Crippen LogP contribution in [0, 0.1) is 11.3 Å². The molecule has 0 atom stereocenters. The van der Waals surface area contributed by atoms with Crippen LogP contribution in [0.5, 0.6) is 0 Å². The van der Waals surface area contributed by atoms with Crippen molar-refractivity contribution < 1.29 is 0 Å². The monoisotopic (exact) mass is 267 g/mol. The van der Waals surface area contributed by atoms with Crippen molar-refractivity contribution in [2.24, 2.45) is 0 Å². The average molecular weight is 267 g/mol. The molecule has 0 radical (unpaired) electrons. The van der Waals surface area contributed by atoms with Gasteiger partial charge in [-0.2, -0.15) is 16.6 Å². The highest BCUT2D eigenvalue weighted by atomic mass is 32.1. The average Bonchev–Trinajstić information content (AvgIpc) is 3.06. The summed E-state index contributed by atoms with van der Waals surface area (Å²) in [7, 11) is 0. The second-order valence-corrected chi connectivity index (χ2v) is 5.19. The van der Waals surface area contributed by atoms with Crippen LogP contribution in [-0.2, 0) is 6.54 Å². The fourth-order valence-corrected chi connectivity index (χ4v) is 2.90. The van der Waals surface area contributed by atoms with Crippen molar-refractivity contribution in [2.75, 3.05) is 0 Å². The van der Waals surface area contributed by atoms with Gasteiger partial charge >= 0.3 is 0 Å². The number of hydrogen-bond acceptors (Lipinski definition) is 3. The summed E-state index contributed by atoms with van der Waals surface area (Å²) >= 11 is 1.67. The molecular formula is C15H13N3S. The molecule has 0 spiro atoms. The van der Waals surface area contributed by atoms with Crippen LogP contribution in [0.4, 0.5) is 0 Å². The lowest BCUT2D eigenvalue weighted by Gasteiger charge is -2.06. The number of aromatic nitrogens is 2. The molecule has 4 heteroatoms. The molecule has 0 unspecified atom stereocenters. The molecule has 0 aliphatic carbocycles. The smallest absolute Gasteiger partial charge is 0.141 e. The summed E-state index contributed by atoms with van der Waals surface area (Å²) in [6, 6.07) is 9.96. The molecular weight excluding hydrogens is 254 g/mol. The van der Waals surface area contributed by atoms with Gasteiger partial charge in [0.15, 0.2) is 0 Å². The molecule has 0 saturated heterocycles. The van der Waals surface area contributed by atoms with Crippen molar-refractivity contribution in [1.29, 1.82) is 5.26 Å². The Kier molecular flexibility index (Phi) is 3.06. The van der Waals surface area contributed by atoms with Gasteiger partial charge in [0.25, 0.3) is 0 Å². The molecule has 0 saturated carbocycles. The van der Waals surface area contributed by atoms with Gasteiger partial charge in [-0.3, -0.25) is 0 Å². The maximum Gasteiger partial charge on any atom is 0.141 e. The standard InChI is InChI=1S/C15H13N3S/c1-2-6-18-14-4-3-11(9-16)8-13(14)17-15(18)12-5-7-19-10-12/h3-5,7-8,10H,2,6H2,1H3. The Bertz CT molecular complexity index is 748. The van der Waals surface area contributed by atoms with E-state index in [1.54, 1.807) is 11.3 Å². The van der Waals surface area contributed by atoms with Crippen LogP contribution >= 0.6 is 11.3 Å². The molecule has 94 valence electrons. The lowest BCUT2D eigenvalue weighted by Crippen LogP contribution is -1.98. The molecule has 0 bridgehead atoms. The minimum absolute atomic E-state index is 0.658. The van der Waals surface area contributed by atoms with E-state index < -0.39 is 0 Å². The van der Waals surface area contributed by atoms with Gasteiger partial charge in [0.2, 0.25) is 0 Å². The first-order valence-corrected chi connectivity index (χ1v) is 7.20. The summed E-state index contributed by atoms with van der Waals surface area (Å²) < 4.78 is 2.23. The van der Waals surface area contributed by atoms with Gasteiger partial charge in [-0.1, -0.05) is 6.92 Å². The second kappa shape index (κ2) is 4.87. The van der Waals surface area contributed by atoms with Crippen LogP contribution in [-0.4, -0.2) is 9.55 Å². The molecule has 19 heavy (non-hydrogen) atoms. The molecule has 3 rings (SSSR count). The molecule has 2 aromatic heterocycles. The van der Waals surface area contributed by atoms with E-state index in [0.717, 1.165) is 35.4 Å². The Labute approximate surface area is 115 Å². The minimum Gasteiger partial charge on any atom is -0.324 e. The Morgan fingerprint density at radius 3 is 2.95 bits per heavy atom. The van der Waals surface area contributed by atoms with Crippen LogP contribution in [0.15, 0.2) is 35.0 Å². The highest BCUT2D eigenvalue weighted by molar-refractivity contribution is 7.08. The van der Waals surface area contributed by atoms with Crippen LogP contribution in [0.2, 0.25) is 0 Å². The lowest BCUT2D eigenvalue weighted by atomic mass is 10.2. The largest absolute Gasteiger partial charge is 0.324 e. The number of imidazole rings is 1. The summed E-state index contributed by atoms with van der Waals surface area (Å²) in [5.41, 5.74) is 3.80. The quantitative estimate of drug-likeness (QED) is 0.718. The van der Waals surface area contributed by atoms with E-state index >= 15 is 0 Å². The van der Waals surface area contributed by atoms with Crippen molar-refractivity contribution in [1.82, 2.24) is 9.55 Å². The highest BCUT2D eigenvalue weighted by Crippen LogP contribution is 2.27. The number of nitriles is 1. The van der Waals surface area contributed by atoms with Crippen molar-refractivity contribution in [3.63, 3.8) is 0 Å². The Morgan fingerprint density at radius 1 is 1.37 bits per heavy atom. The molecule has 0 amide bonds. The van der Waals surface area contributed by atoms with Gasteiger partial charge in [0.05, 0.1) is 22.7 Å². The molecule has 2 heterocycles. The summed E-state index contributed by atoms with van der Waals surface area (Å²) in [5, 5.41) is 13.1. The SMILES string of the molecule is CCCn1c(-c2ccsc2)nc2cc(C#N)ccc21. The molecule has 0 N–H and O–H groups in total. The summed E-state index contributed by atoms with van der Waals surface area (Å²) in [4.78, 5) is 4.70. The first-order valence-electron chi connectivity index (χ1n) is 6.26. The maximum absolute atomic E-state index is 8.98. The molecule has 3 nitrogen and oxygen atoms in total. The number of nitrogens with zero attached hydrogens (tertiary/aromatic N) is 3. The predicted molar refractivity (Wildman–Crippen MR) is 78.1 cm³/mol. The van der Waals surface area contributed by atoms with E-state index in [9.17, 15) is 0 Å². The number of hydrogen-bond donors (Lipinski definition) is 0. The Morgan fingerprint density at radius 2 is 2.26 bits per heavy atom. The number of thiophene rings is 1. The van der Waals surface area contributed by atoms with Gasteiger partial charge in [0, 0.05) is 17.5 Å². The third kappa shape index (κ3) is 2.02. The molecule has 0 aliphatic heterocycles. The first-order chi connectivity index (χ1) is 9.33. The van der Waals surface area contributed by atoms with Crippen LogP contribution in [0.3, 0.4) is 0 Å². The van der Waals surface area contributed by atoms with E-state index in [1.165, 1.54) is 0 Å². The van der Waals surface area contributed by atoms with E-state index in [0.29, 0.717) is 5.56 Å².